The number of aryl methyl sites for hydroxylation is 2. The molecular formula is C24H27IN8O2. The van der Waals surface area contributed by atoms with E-state index < -0.39 is 0 Å². The molecule has 1 saturated carbocycles. The van der Waals surface area contributed by atoms with Crippen molar-refractivity contribution in [2.45, 2.75) is 12.8 Å². The van der Waals surface area contributed by atoms with Gasteiger partial charge in [0.05, 0.1) is 24.1 Å². The molecule has 0 unspecified atom stereocenters. The molecule has 0 amide bonds. The Kier molecular flexibility index (Phi) is 5.86. The summed E-state index contributed by atoms with van der Waals surface area (Å²) in [6.07, 6.45) is 7.94. The molecule has 6 rings (SSSR count). The summed E-state index contributed by atoms with van der Waals surface area (Å²) >= 11 is 1.91. The summed E-state index contributed by atoms with van der Waals surface area (Å²) in [5.74, 6) is 4.11. The van der Waals surface area contributed by atoms with E-state index in [2.05, 4.69) is 30.9 Å². The second-order valence-electron chi connectivity index (χ2n) is 9.20. The predicted octanol–water partition coefficient (Wildman–Crippen LogP) is 3.61. The highest BCUT2D eigenvalue weighted by atomic mass is 127. The molecule has 1 aromatic carbocycles. The number of hydrogen-bond donors (Lipinski definition) is 0. The minimum Gasteiger partial charge on any atom is -0.491 e. The Morgan fingerprint density at radius 3 is 2.57 bits per heavy atom. The molecule has 35 heavy (non-hydrogen) atoms. The lowest BCUT2D eigenvalue weighted by atomic mass is 10.2. The van der Waals surface area contributed by atoms with Gasteiger partial charge in [-0.25, -0.2) is 15.0 Å². The van der Waals surface area contributed by atoms with E-state index in [1.807, 2.05) is 66.2 Å². The maximum absolute atomic E-state index is 6.21. The van der Waals surface area contributed by atoms with Gasteiger partial charge in [-0.15, -0.1) is 0 Å². The molecule has 11 heteroatoms. The summed E-state index contributed by atoms with van der Waals surface area (Å²) in [5, 5.41) is 4.29. The van der Waals surface area contributed by atoms with Crippen molar-refractivity contribution in [2.24, 2.45) is 20.0 Å². The van der Waals surface area contributed by atoms with Gasteiger partial charge in [-0.2, -0.15) is 5.10 Å². The molecule has 0 bridgehead atoms. The van der Waals surface area contributed by atoms with Gasteiger partial charge >= 0.3 is 0 Å². The van der Waals surface area contributed by atoms with Crippen LogP contribution >= 0.6 is 23.0 Å². The van der Waals surface area contributed by atoms with Crippen LogP contribution in [0.1, 0.15) is 12.8 Å². The quantitative estimate of drug-likeness (QED) is 0.304. The van der Waals surface area contributed by atoms with Gasteiger partial charge in [-0.05, 0) is 30.9 Å². The van der Waals surface area contributed by atoms with Gasteiger partial charge in [0, 0.05) is 52.5 Å². The number of ether oxygens (including phenoxy) is 1. The highest BCUT2D eigenvalue weighted by Crippen LogP contribution is 2.37. The number of benzene rings is 1. The van der Waals surface area contributed by atoms with Crippen LogP contribution in [0.15, 0.2) is 36.9 Å². The maximum Gasteiger partial charge on any atom is 0.192 e. The standard InChI is InChI=1S/C24H27IN8O2/c1-30-13-17(12-28-30)22-29-21-23(31(22)2)26-15-27-24(21)33-9-7-32(8-10-33)19-6-5-18(35-25)11-20(19)34-14-16-3-4-16/h5-6,11-13,15-16H,3-4,7-10,14H2,1-2H3. The molecule has 0 atom stereocenters. The van der Waals surface area contributed by atoms with Gasteiger partial charge in [0.1, 0.15) is 23.7 Å². The zero-order chi connectivity index (χ0) is 23.9. The third-order valence-corrected chi connectivity index (χ3v) is 7.22. The molecule has 3 aromatic heterocycles. The summed E-state index contributed by atoms with van der Waals surface area (Å²) in [5.41, 5.74) is 3.72. The van der Waals surface area contributed by atoms with Crippen LogP contribution in [-0.4, -0.2) is 62.1 Å². The highest BCUT2D eigenvalue weighted by molar-refractivity contribution is 14.1. The second-order valence-corrected chi connectivity index (χ2v) is 9.64. The largest absolute Gasteiger partial charge is 0.491 e. The molecule has 182 valence electrons. The summed E-state index contributed by atoms with van der Waals surface area (Å²) < 4.78 is 15.4. The van der Waals surface area contributed by atoms with Gasteiger partial charge in [-0.1, -0.05) is 0 Å². The first kappa shape index (κ1) is 22.4. The van der Waals surface area contributed by atoms with E-state index in [1.165, 1.54) is 12.8 Å². The van der Waals surface area contributed by atoms with Crippen LogP contribution in [0, 0.1) is 5.92 Å². The zero-order valence-corrected chi connectivity index (χ0v) is 21.9. The molecule has 1 aliphatic carbocycles. The fraction of sp³-hybridized carbons (Fsp3) is 0.417. The predicted molar refractivity (Wildman–Crippen MR) is 142 cm³/mol. The Bertz CT molecular complexity index is 1360. The molecule has 1 aliphatic heterocycles. The lowest BCUT2D eigenvalue weighted by Gasteiger charge is -2.37. The number of hydrogen-bond acceptors (Lipinski definition) is 8. The third kappa shape index (κ3) is 4.37. The van der Waals surface area contributed by atoms with Gasteiger partial charge in [0.2, 0.25) is 0 Å². The SMILES string of the molecule is Cn1cc(-c2nc3c(N4CCN(c5ccc(OI)cc5OCC5CC5)CC4)ncnc3n2C)cn1. The minimum atomic E-state index is 0.693. The Balaban J connectivity index is 1.23. The number of anilines is 2. The molecule has 1 saturated heterocycles. The first-order valence-corrected chi connectivity index (χ1v) is 12.7. The van der Waals surface area contributed by atoms with Gasteiger partial charge < -0.3 is 22.2 Å². The summed E-state index contributed by atoms with van der Waals surface area (Å²) in [4.78, 5) is 18.8. The minimum absolute atomic E-state index is 0.693. The van der Waals surface area contributed by atoms with Crippen molar-refractivity contribution < 1.29 is 7.80 Å². The van der Waals surface area contributed by atoms with Crippen LogP contribution in [0.25, 0.3) is 22.6 Å². The van der Waals surface area contributed by atoms with Crippen LogP contribution in [0.5, 0.6) is 11.5 Å². The second kappa shape index (κ2) is 9.17. The fourth-order valence-electron chi connectivity index (χ4n) is 4.58. The van der Waals surface area contributed by atoms with Crippen LogP contribution in [0.3, 0.4) is 0 Å². The van der Waals surface area contributed by atoms with E-state index in [-0.39, 0.29) is 0 Å². The lowest BCUT2D eigenvalue weighted by Crippen LogP contribution is -2.47. The molecule has 4 aromatic rings. The van der Waals surface area contributed by atoms with Crippen molar-refractivity contribution in [3.63, 3.8) is 0 Å². The van der Waals surface area contributed by atoms with E-state index in [0.29, 0.717) is 5.92 Å². The molecule has 2 fully saturated rings. The van der Waals surface area contributed by atoms with Gasteiger partial charge in [0.25, 0.3) is 0 Å². The molecule has 2 aliphatic rings. The van der Waals surface area contributed by atoms with E-state index in [1.54, 1.807) is 11.0 Å². The van der Waals surface area contributed by atoms with Crippen molar-refractivity contribution in [1.82, 2.24) is 29.3 Å². The van der Waals surface area contributed by atoms with Crippen molar-refractivity contribution in [3.05, 3.63) is 36.9 Å². The smallest absolute Gasteiger partial charge is 0.192 e. The molecule has 4 heterocycles. The Morgan fingerprint density at radius 1 is 1.06 bits per heavy atom. The van der Waals surface area contributed by atoms with Gasteiger partial charge in [0.15, 0.2) is 40.0 Å². The number of rotatable bonds is 7. The Morgan fingerprint density at radius 2 is 1.86 bits per heavy atom. The average Bonchev–Trinajstić information content (AvgIpc) is 3.53. The number of nitrogens with zero attached hydrogens (tertiary/aromatic N) is 8. The lowest BCUT2D eigenvalue weighted by molar-refractivity contribution is 0.299. The summed E-state index contributed by atoms with van der Waals surface area (Å²) in [6, 6.07) is 6.10. The Labute approximate surface area is 217 Å². The van der Waals surface area contributed by atoms with E-state index in [4.69, 9.17) is 12.8 Å². The Hall–Kier alpha value is -3.09. The van der Waals surface area contributed by atoms with Crippen molar-refractivity contribution in [3.8, 4) is 22.9 Å². The normalized spacial score (nSPS) is 16.2. The van der Waals surface area contributed by atoms with Crippen molar-refractivity contribution in [1.29, 1.82) is 0 Å². The van der Waals surface area contributed by atoms with Crippen LogP contribution in [-0.2, 0) is 14.1 Å². The van der Waals surface area contributed by atoms with Crippen molar-refractivity contribution >= 4 is 45.7 Å². The maximum atomic E-state index is 6.21. The summed E-state index contributed by atoms with van der Waals surface area (Å²) in [7, 11) is 3.89. The molecule has 0 N–H and O–H groups in total. The molecule has 10 nitrogen and oxygen atoms in total. The summed E-state index contributed by atoms with van der Waals surface area (Å²) in [6.45, 7) is 4.15. The number of halogens is 1. The first-order valence-electron chi connectivity index (χ1n) is 11.8. The fourth-order valence-corrected chi connectivity index (χ4v) is 4.86. The van der Waals surface area contributed by atoms with Crippen LogP contribution in [0.4, 0.5) is 11.5 Å². The number of piperazine rings is 1. The van der Waals surface area contributed by atoms with Crippen molar-refractivity contribution in [2.75, 3.05) is 42.6 Å². The number of imidazole rings is 1. The van der Waals surface area contributed by atoms with E-state index >= 15 is 0 Å². The van der Waals surface area contributed by atoms with E-state index in [9.17, 15) is 0 Å². The molecule has 0 radical (unpaired) electrons. The zero-order valence-electron chi connectivity index (χ0n) is 19.8. The number of aromatic nitrogens is 6. The average molecular weight is 586 g/mol. The van der Waals surface area contributed by atoms with Gasteiger partial charge in [-0.3, -0.25) is 4.68 Å². The third-order valence-electron chi connectivity index (χ3n) is 6.71. The molecule has 0 spiro atoms. The monoisotopic (exact) mass is 586 g/mol. The van der Waals surface area contributed by atoms with E-state index in [0.717, 1.165) is 78.3 Å². The van der Waals surface area contributed by atoms with Crippen LogP contribution in [0.2, 0.25) is 0 Å². The topological polar surface area (TPSA) is 86.4 Å². The molecular weight excluding hydrogens is 559 g/mol. The first-order chi connectivity index (χ1) is 17.1. The highest BCUT2D eigenvalue weighted by Gasteiger charge is 2.26. The van der Waals surface area contributed by atoms with Crippen LogP contribution < -0.4 is 17.6 Å². The number of fused-ring (bicyclic) bond motifs is 1.